The molecule has 0 aliphatic heterocycles. The van der Waals surface area contributed by atoms with E-state index >= 15 is 0 Å². The van der Waals surface area contributed by atoms with Gasteiger partial charge in [-0.1, -0.05) is 42.5 Å². The van der Waals surface area contributed by atoms with Crippen LogP contribution < -0.4 is 0 Å². The van der Waals surface area contributed by atoms with Crippen LogP contribution in [0, 0.1) is 0 Å². The fourth-order valence-electron chi connectivity index (χ4n) is 3.39. The van der Waals surface area contributed by atoms with Gasteiger partial charge in [0, 0.05) is 5.56 Å². The van der Waals surface area contributed by atoms with Gasteiger partial charge in [-0.05, 0) is 54.3 Å². The van der Waals surface area contributed by atoms with Gasteiger partial charge in [-0.15, -0.1) is 0 Å². The highest BCUT2D eigenvalue weighted by Crippen LogP contribution is 2.44. The zero-order valence-electron chi connectivity index (χ0n) is 19.7. The SMILES string of the molecule is O=C(C(=O)c1cc(O)c(O)c(O)c1O)c1ccccc1.Oc1ccc(CCc2ccc(O)c(O)c2)cc1O. The van der Waals surface area contributed by atoms with Crippen molar-refractivity contribution in [3.8, 4) is 46.0 Å². The van der Waals surface area contributed by atoms with Crippen LogP contribution in [0.15, 0.2) is 72.8 Å². The average molecular weight is 520 g/mol. The van der Waals surface area contributed by atoms with E-state index in [0.717, 1.165) is 11.1 Å². The highest BCUT2D eigenvalue weighted by Gasteiger charge is 2.26. The highest BCUT2D eigenvalue weighted by atomic mass is 16.3. The molecule has 0 saturated carbocycles. The second kappa shape index (κ2) is 11.6. The third-order valence-corrected chi connectivity index (χ3v) is 5.50. The Morgan fingerprint density at radius 2 is 0.974 bits per heavy atom. The lowest BCUT2D eigenvalue weighted by Crippen LogP contribution is -2.14. The number of Topliss-reactive ketones (excluding diaryl/α,β-unsaturated/α-hetero) is 2. The first-order valence-electron chi connectivity index (χ1n) is 11.1. The number of phenols is 8. The molecule has 0 aliphatic carbocycles. The van der Waals surface area contributed by atoms with E-state index in [2.05, 4.69) is 0 Å². The molecule has 0 radical (unpaired) electrons. The molecule has 0 unspecified atom stereocenters. The summed E-state index contributed by atoms with van der Waals surface area (Å²) in [6.07, 6.45) is 1.33. The molecule has 0 saturated heterocycles. The van der Waals surface area contributed by atoms with E-state index < -0.39 is 40.1 Å². The Morgan fingerprint density at radius 1 is 0.474 bits per heavy atom. The Labute approximate surface area is 216 Å². The predicted molar refractivity (Wildman–Crippen MR) is 135 cm³/mol. The zero-order valence-corrected chi connectivity index (χ0v) is 19.7. The van der Waals surface area contributed by atoms with E-state index in [9.17, 15) is 50.4 Å². The topological polar surface area (TPSA) is 196 Å². The molecule has 4 aromatic rings. The molecule has 0 spiro atoms. The maximum Gasteiger partial charge on any atom is 0.237 e. The molecule has 0 fully saturated rings. The van der Waals surface area contributed by atoms with Gasteiger partial charge in [0.25, 0.3) is 0 Å². The molecule has 4 rings (SSSR count). The fraction of sp³-hybridized carbons (Fsp3) is 0.0714. The molecule has 8 N–H and O–H groups in total. The van der Waals surface area contributed by atoms with Crippen LogP contribution in [0.5, 0.6) is 46.0 Å². The van der Waals surface area contributed by atoms with Gasteiger partial charge in [-0.2, -0.15) is 0 Å². The minimum atomic E-state index is -1.11. The van der Waals surface area contributed by atoms with Gasteiger partial charge >= 0.3 is 0 Å². The van der Waals surface area contributed by atoms with E-state index in [4.69, 9.17) is 0 Å². The summed E-state index contributed by atoms with van der Waals surface area (Å²) in [5.74, 6) is -6.38. The fourth-order valence-corrected chi connectivity index (χ4v) is 3.39. The molecule has 38 heavy (non-hydrogen) atoms. The second-order valence-electron chi connectivity index (χ2n) is 8.16. The van der Waals surface area contributed by atoms with Crippen molar-refractivity contribution in [2.75, 3.05) is 0 Å². The number of aryl methyl sites for hydroxylation is 2. The maximum absolute atomic E-state index is 12.0. The third kappa shape index (κ3) is 6.24. The molecular weight excluding hydrogens is 496 g/mol. The van der Waals surface area contributed by atoms with Crippen LogP contribution in [0.25, 0.3) is 0 Å². The molecule has 196 valence electrons. The van der Waals surface area contributed by atoms with E-state index in [0.29, 0.717) is 18.9 Å². The Hall–Kier alpha value is -5.38. The third-order valence-electron chi connectivity index (χ3n) is 5.50. The minimum Gasteiger partial charge on any atom is -0.504 e. The van der Waals surface area contributed by atoms with Crippen molar-refractivity contribution >= 4 is 11.6 Å². The summed E-state index contributed by atoms with van der Waals surface area (Å²) < 4.78 is 0. The molecule has 0 aliphatic rings. The molecule has 0 heterocycles. The van der Waals surface area contributed by atoms with Crippen molar-refractivity contribution in [3.63, 3.8) is 0 Å². The maximum atomic E-state index is 12.0. The molecule has 0 aromatic heterocycles. The molecule has 0 atom stereocenters. The van der Waals surface area contributed by atoms with Crippen LogP contribution in [-0.2, 0) is 12.8 Å². The first-order chi connectivity index (χ1) is 18.0. The van der Waals surface area contributed by atoms with E-state index in [1.54, 1.807) is 30.3 Å². The lowest BCUT2D eigenvalue weighted by molar-refractivity contribution is 0.0814. The number of phenolic OH excluding ortho intramolecular Hbond substituents is 8. The van der Waals surface area contributed by atoms with Crippen LogP contribution in [-0.4, -0.2) is 52.4 Å². The highest BCUT2D eigenvalue weighted by molar-refractivity contribution is 6.49. The van der Waals surface area contributed by atoms with Gasteiger partial charge in [-0.3, -0.25) is 9.59 Å². The molecule has 10 heteroatoms. The lowest BCUT2D eigenvalue weighted by Gasteiger charge is -2.08. The van der Waals surface area contributed by atoms with Crippen LogP contribution in [0.3, 0.4) is 0 Å². The Morgan fingerprint density at radius 3 is 1.45 bits per heavy atom. The van der Waals surface area contributed by atoms with Crippen LogP contribution >= 0.6 is 0 Å². The van der Waals surface area contributed by atoms with E-state index in [-0.39, 0.29) is 28.6 Å². The first kappa shape index (κ1) is 27.2. The van der Waals surface area contributed by atoms with Crippen LogP contribution in [0.1, 0.15) is 31.8 Å². The van der Waals surface area contributed by atoms with Crippen molar-refractivity contribution in [1.29, 1.82) is 0 Å². The van der Waals surface area contributed by atoms with Gasteiger partial charge in [0.1, 0.15) is 0 Å². The number of carbonyl (C=O) groups is 2. The van der Waals surface area contributed by atoms with E-state index in [1.807, 2.05) is 0 Å². The Balaban J connectivity index is 0.000000212. The van der Waals surface area contributed by atoms with E-state index in [1.165, 1.54) is 36.4 Å². The lowest BCUT2D eigenvalue weighted by atomic mass is 10.00. The normalized spacial score (nSPS) is 10.3. The molecule has 4 aromatic carbocycles. The number of hydrogen-bond donors (Lipinski definition) is 8. The molecule has 10 nitrogen and oxygen atoms in total. The minimum absolute atomic E-state index is 0.101. The number of ketones is 2. The Bertz CT molecular complexity index is 1430. The van der Waals surface area contributed by atoms with Gasteiger partial charge in [0.05, 0.1) is 5.56 Å². The molecule has 0 amide bonds. The summed E-state index contributed by atoms with van der Waals surface area (Å²) in [7, 11) is 0. The quantitative estimate of drug-likeness (QED) is 0.0800. The van der Waals surface area contributed by atoms with Gasteiger partial charge < -0.3 is 40.9 Å². The smallest absolute Gasteiger partial charge is 0.237 e. The van der Waals surface area contributed by atoms with Crippen LogP contribution in [0.4, 0.5) is 0 Å². The summed E-state index contributed by atoms with van der Waals surface area (Å²) >= 11 is 0. The van der Waals surface area contributed by atoms with Crippen molar-refractivity contribution in [1.82, 2.24) is 0 Å². The Kier molecular flexibility index (Phi) is 8.29. The number of aromatic hydroxyl groups is 8. The van der Waals surface area contributed by atoms with Crippen molar-refractivity contribution in [3.05, 3.63) is 95.1 Å². The first-order valence-corrected chi connectivity index (χ1v) is 11.1. The van der Waals surface area contributed by atoms with Crippen molar-refractivity contribution in [2.45, 2.75) is 12.8 Å². The standard InChI is InChI=1S/C14H10O6.C14H14O4/c15-9-6-8(12(18)14(20)13(9)19)11(17)10(16)7-4-2-1-3-5-7;15-11-5-3-9(7-13(11)17)1-2-10-4-6-12(16)14(18)8-10/h1-6,15,18-20H;3-8,15-18H,1-2H2. The number of benzene rings is 4. The summed E-state index contributed by atoms with van der Waals surface area (Å²) in [6, 6.07) is 17.7. The second-order valence-corrected chi connectivity index (χ2v) is 8.16. The molecule has 0 bridgehead atoms. The largest absolute Gasteiger partial charge is 0.504 e. The number of rotatable bonds is 6. The summed E-state index contributed by atoms with van der Waals surface area (Å²) in [4.78, 5) is 23.9. The summed E-state index contributed by atoms with van der Waals surface area (Å²) in [5.41, 5.74) is 1.28. The van der Waals surface area contributed by atoms with Gasteiger partial charge in [-0.25, -0.2) is 0 Å². The van der Waals surface area contributed by atoms with Gasteiger partial charge in [0.2, 0.25) is 23.1 Å². The van der Waals surface area contributed by atoms with Crippen molar-refractivity contribution < 1.29 is 50.4 Å². The van der Waals surface area contributed by atoms with Crippen molar-refractivity contribution in [2.24, 2.45) is 0 Å². The van der Waals surface area contributed by atoms with Gasteiger partial charge in [0.15, 0.2) is 34.5 Å². The number of carbonyl (C=O) groups excluding carboxylic acids is 2. The monoisotopic (exact) mass is 520 g/mol. The predicted octanol–water partition coefficient (Wildman–Crippen LogP) is 3.87. The summed E-state index contributed by atoms with van der Waals surface area (Å²) in [5, 5.41) is 74.5. The van der Waals surface area contributed by atoms with Crippen LogP contribution in [0.2, 0.25) is 0 Å². The molecular formula is C28H24O10. The summed E-state index contributed by atoms with van der Waals surface area (Å²) in [6.45, 7) is 0. The zero-order chi connectivity index (χ0) is 28.0. The average Bonchev–Trinajstić information content (AvgIpc) is 2.92. The number of hydrogen-bond acceptors (Lipinski definition) is 10.